The summed E-state index contributed by atoms with van der Waals surface area (Å²) >= 11 is 0. The van der Waals surface area contributed by atoms with E-state index in [4.69, 9.17) is 0 Å². The number of carbonyl (C=O) groups is 1. The van der Waals surface area contributed by atoms with Crippen LogP contribution in [-0.4, -0.2) is 33.0 Å². The lowest BCUT2D eigenvalue weighted by molar-refractivity contribution is -0.138. The Hall–Kier alpha value is -3.68. The molecular weight excluding hydrogens is 515 g/mol. The van der Waals surface area contributed by atoms with E-state index in [1.54, 1.807) is 13.0 Å². The first-order chi connectivity index (χ1) is 18.8. The quantitative estimate of drug-likeness (QED) is 0.0869. The van der Waals surface area contributed by atoms with E-state index in [1.807, 2.05) is 50.6 Å². The lowest BCUT2D eigenvalue weighted by Gasteiger charge is -2.19. The highest BCUT2D eigenvalue weighted by molar-refractivity contribution is 6.60. The van der Waals surface area contributed by atoms with E-state index in [0.29, 0.717) is 30.8 Å². The zero-order valence-corrected chi connectivity index (χ0v) is 23.5. The maximum absolute atomic E-state index is 14.3. The van der Waals surface area contributed by atoms with Crippen molar-refractivity contribution in [1.82, 2.24) is 5.32 Å². The Morgan fingerprint density at radius 1 is 1.10 bits per heavy atom. The number of hydrogen-bond donors (Lipinski definition) is 1. The monoisotopic (exact) mass is 551 g/mol. The van der Waals surface area contributed by atoms with E-state index in [1.165, 1.54) is 26.0 Å². The van der Waals surface area contributed by atoms with E-state index in [9.17, 15) is 22.4 Å². The van der Waals surface area contributed by atoms with Gasteiger partial charge in [-0.1, -0.05) is 49.1 Å². The van der Waals surface area contributed by atoms with E-state index in [0.717, 1.165) is 33.8 Å². The van der Waals surface area contributed by atoms with E-state index in [-0.39, 0.29) is 17.5 Å². The van der Waals surface area contributed by atoms with Gasteiger partial charge in [-0.05, 0) is 90.3 Å². The average Bonchev–Trinajstić information content (AvgIpc) is 2.90. The highest BCUT2D eigenvalue weighted by atomic mass is 19.4. The molecule has 0 amide bonds. The Morgan fingerprint density at radius 2 is 1.82 bits per heavy atom. The molecule has 0 spiro atoms. The predicted molar refractivity (Wildman–Crippen MR) is 159 cm³/mol. The number of aldehydes is 1. The van der Waals surface area contributed by atoms with Gasteiger partial charge in [-0.3, -0.25) is 9.79 Å². The van der Waals surface area contributed by atoms with E-state index in [2.05, 4.69) is 23.5 Å². The molecule has 0 saturated heterocycles. The summed E-state index contributed by atoms with van der Waals surface area (Å²) in [5.74, 6) is 2.30. The number of carbonyl (C=O) groups excluding carboxylic acids is 1. The zero-order valence-electron chi connectivity index (χ0n) is 23.5. The number of nitrogens with one attached hydrogen (secondary N) is 1. The van der Waals surface area contributed by atoms with Gasteiger partial charge in [0.05, 0.1) is 5.56 Å². The van der Waals surface area contributed by atoms with Crippen molar-refractivity contribution in [2.75, 3.05) is 13.6 Å². The minimum absolute atomic E-state index is 0.00466. The molecule has 0 heterocycles. The molecule has 40 heavy (non-hydrogen) atoms. The molecule has 0 fully saturated rings. The SMILES string of the molecule is C=C[B]/C(=C\c1ccc(=C/CCc2ccc(C(C)(C)F)cc2C(F)(F)F)/c(=C\C)c1)C(=NC)NCCC(=C)C=O. The number of aliphatic imine (C=N–C) groups is 1. The zero-order chi connectivity index (χ0) is 29.9. The van der Waals surface area contributed by atoms with Crippen molar-refractivity contribution in [1.29, 1.82) is 0 Å². The standard InChI is InChI=1S/C32H36BF4N2O/c1-7-24-18-23(19-29(33-8-2)30(38-6)39-17-16-22(3)21-40)12-13-25(24)10-9-11-26-14-15-27(31(4,5)34)20-28(26)32(35,36)37/h7-8,10,12-15,18-21H,2-3,9,11,16-17H2,1,4-6H3,(H,38,39)/b24-7-,25-10-,29-19-. The van der Waals surface area contributed by atoms with Gasteiger partial charge in [0.2, 0.25) is 0 Å². The third-order valence-corrected chi connectivity index (χ3v) is 6.32. The van der Waals surface area contributed by atoms with Crippen LogP contribution < -0.4 is 15.8 Å². The molecule has 2 aromatic rings. The first-order valence-electron chi connectivity index (χ1n) is 13.0. The van der Waals surface area contributed by atoms with Crippen molar-refractivity contribution in [3.05, 3.63) is 99.3 Å². The normalized spacial score (nSPS) is 13.8. The van der Waals surface area contributed by atoms with Crippen LogP contribution >= 0.6 is 0 Å². The molecule has 0 saturated carbocycles. The minimum Gasteiger partial charge on any atom is -0.371 e. The highest BCUT2D eigenvalue weighted by Gasteiger charge is 2.34. The third kappa shape index (κ3) is 9.51. The fourth-order valence-corrected chi connectivity index (χ4v) is 4.14. The van der Waals surface area contributed by atoms with Crippen LogP contribution in [0.25, 0.3) is 18.2 Å². The number of rotatable bonds is 12. The average molecular weight is 551 g/mol. The Kier molecular flexibility index (Phi) is 11.9. The van der Waals surface area contributed by atoms with Gasteiger partial charge in [0, 0.05) is 13.6 Å². The smallest absolute Gasteiger partial charge is 0.371 e. The maximum Gasteiger partial charge on any atom is 0.416 e. The molecule has 0 aromatic heterocycles. The van der Waals surface area contributed by atoms with Crippen LogP contribution in [0.5, 0.6) is 0 Å². The second kappa shape index (κ2) is 14.6. The van der Waals surface area contributed by atoms with Gasteiger partial charge < -0.3 is 5.32 Å². The summed E-state index contributed by atoms with van der Waals surface area (Å²) in [7, 11) is 3.49. The molecule has 0 unspecified atom stereocenters. The number of halogens is 4. The summed E-state index contributed by atoms with van der Waals surface area (Å²) in [5.41, 5.74) is -0.318. The summed E-state index contributed by atoms with van der Waals surface area (Å²) in [6.45, 7) is 12.4. The fourth-order valence-electron chi connectivity index (χ4n) is 4.14. The highest BCUT2D eigenvalue weighted by Crippen LogP contribution is 2.36. The second-order valence-electron chi connectivity index (χ2n) is 9.79. The summed E-state index contributed by atoms with van der Waals surface area (Å²) < 4.78 is 55.4. The number of aryl methyl sites for hydroxylation is 1. The van der Waals surface area contributed by atoms with Crippen LogP contribution in [-0.2, 0) is 23.1 Å². The summed E-state index contributed by atoms with van der Waals surface area (Å²) in [4.78, 5) is 15.1. The number of hydrogen-bond acceptors (Lipinski definition) is 2. The first-order valence-corrected chi connectivity index (χ1v) is 13.0. The van der Waals surface area contributed by atoms with Crippen molar-refractivity contribution < 1.29 is 22.4 Å². The minimum atomic E-state index is -4.56. The van der Waals surface area contributed by atoms with Crippen molar-refractivity contribution in [2.45, 2.75) is 51.9 Å². The van der Waals surface area contributed by atoms with Crippen molar-refractivity contribution in [3.8, 4) is 0 Å². The van der Waals surface area contributed by atoms with Crippen molar-refractivity contribution >= 4 is 37.6 Å². The Morgan fingerprint density at radius 3 is 2.40 bits per heavy atom. The number of amidine groups is 1. The van der Waals surface area contributed by atoms with Crippen LogP contribution in [0.2, 0.25) is 0 Å². The van der Waals surface area contributed by atoms with Gasteiger partial charge in [0.1, 0.15) is 17.8 Å². The Balaban J connectivity index is 2.32. The Labute approximate surface area is 235 Å². The van der Waals surface area contributed by atoms with Crippen LogP contribution in [0.4, 0.5) is 17.6 Å². The van der Waals surface area contributed by atoms with Gasteiger partial charge in [-0.15, -0.1) is 12.6 Å². The summed E-state index contributed by atoms with van der Waals surface area (Å²) in [5, 5.41) is 5.05. The molecule has 8 heteroatoms. The topological polar surface area (TPSA) is 41.5 Å². The summed E-state index contributed by atoms with van der Waals surface area (Å²) in [6.07, 6.45) is 3.02. The maximum atomic E-state index is 14.3. The number of nitrogens with zero attached hydrogens (tertiary/aromatic N) is 1. The number of benzene rings is 2. The van der Waals surface area contributed by atoms with E-state index < -0.39 is 17.4 Å². The molecule has 3 nitrogen and oxygen atoms in total. The molecule has 0 aliphatic heterocycles. The molecule has 0 atom stereocenters. The van der Waals surface area contributed by atoms with Gasteiger partial charge in [0.25, 0.3) is 0 Å². The molecule has 1 radical (unpaired) electrons. The fraction of sp³-hybridized carbons (Fsp3) is 0.312. The van der Waals surface area contributed by atoms with Gasteiger partial charge in [0.15, 0.2) is 7.28 Å². The molecule has 211 valence electrons. The predicted octanol–water partition coefficient (Wildman–Crippen LogP) is 6.08. The van der Waals surface area contributed by atoms with Gasteiger partial charge >= 0.3 is 6.18 Å². The lowest BCUT2D eigenvalue weighted by Crippen LogP contribution is -2.29. The molecule has 0 aliphatic carbocycles. The van der Waals surface area contributed by atoms with Gasteiger partial charge in [-0.25, -0.2) is 4.39 Å². The van der Waals surface area contributed by atoms with Crippen LogP contribution in [0.3, 0.4) is 0 Å². The molecule has 0 aliphatic rings. The Bertz CT molecular complexity index is 1400. The third-order valence-electron chi connectivity index (χ3n) is 6.32. The van der Waals surface area contributed by atoms with Crippen LogP contribution in [0.1, 0.15) is 55.9 Å². The molecule has 1 N–H and O–H groups in total. The molecule has 2 rings (SSSR count). The van der Waals surface area contributed by atoms with Crippen LogP contribution in [0, 0.1) is 0 Å². The largest absolute Gasteiger partial charge is 0.416 e. The molecule has 0 bridgehead atoms. The molecular formula is C32H36BF4N2O. The van der Waals surface area contributed by atoms with Crippen LogP contribution in [0.15, 0.2) is 71.6 Å². The van der Waals surface area contributed by atoms with Gasteiger partial charge in [-0.2, -0.15) is 13.2 Å². The van der Waals surface area contributed by atoms with Crippen molar-refractivity contribution in [3.63, 3.8) is 0 Å². The second-order valence-corrected chi connectivity index (χ2v) is 9.79. The summed E-state index contributed by atoms with van der Waals surface area (Å²) in [6, 6.07) is 9.56. The van der Waals surface area contributed by atoms with Crippen molar-refractivity contribution in [2.24, 2.45) is 4.99 Å². The first kappa shape index (κ1) is 32.5. The molecule has 2 aromatic carbocycles. The van der Waals surface area contributed by atoms with E-state index >= 15 is 0 Å². The lowest BCUT2D eigenvalue weighted by atomic mass is 9.68. The number of alkyl halides is 4.